The number of anilines is 2. The Bertz CT molecular complexity index is 2090. The second-order valence-electron chi connectivity index (χ2n) is 11.6. The molecule has 5 aromatic carbocycles. The number of hydrogen-bond donors (Lipinski definition) is 0. The average Bonchev–Trinajstić information content (AvgIpc) is 3.47. The summed E-state index contributed by atoms with van der Waals surface area (Å²) in [6.07, 6.45) is 8.42. The second kappa shape index (κ2) is 11.4. The zero-order valence-electron chi connectivity index (χ0n) is 25.0. The Kier molecular flexibility index (Phi) is 6.81. The number of rotatable bonds is 4. The Labute approximate surface area is 265 Å². The lowest BCUT2D eigenvalue weighted by Gasteiger charge is -2.26. The van der Waals surface area contributed by atoms with Crippen LogP contribution in [0.2, 0.25) is 0 Å². The summed E-state index contributed by atoms with van der Waals surface area (Å²) in [7, 11) is 0. The van der Waals surface area contributed by atoms with Crippen LogP contribution in [0.25, 0.3) is 39.2 Å². The third kappa shape index (κ3) is 4.91. The van der Waals surface area contributed by atoms with Gasteiger partial charge in [0, 0.05) is 40.5 Å². The van der Waals surface area contributed by atoms with E-state index in [0.717, 1.165) is 51.6 Å². The van der Waals surface area contributed by atoms with Gasteiger partial charge in [0.25, 0.3) is 0 Å². The highest BCUT2D eigenvalue weighted by Gasteiger charge is 2.29. The van der Waals surface area contributed by atoms with Gasteiger partial charge < -0.3 is 4.90 Å². The first-order valence-electron chi connectivity index (χ1n) is 15.5. The van der Waals surface area contributed by atoms with E-state index in [1.54, 1.807) is 0 Å². The van der Waals surface area contributed by atoms with Gasteiger partial charge in [0.05, 0.1) is 11.4 Å². The highest BCUT2D eigenvalue weighted by molar-refractivity contribution is 5.85. The van der Waals surface area contributed by atoms with Crippen molar-refractivity contribution in [2.45, 2.75) is 5.92 Å². The van der Waals surface area contributed by atoms with Crippen molar-refractivity contribution in [2.75, 3.05) is 11.4 Å². The molecule has 0 saturated carbocycles. The van der Waals surface area contributed by atoms with Gasteiger partial charge in [-0.05, 0) is 69.8 Å². The summed E-state index contributed by atoms with van der Waals surface area (Å²) >= 11 is 0. The maximum Gasteiger partial charge on any atom is 0.0710 e. The fraction of sp³-hybridized carbons (Fsp3) is 0.0465. The molecule has 0 spiro atoms. The number of aromatic nitrogens is 1. The Morgan fingerprint density at radius 3 is 1.96 bits per heavy atom. The lowest BCUT2D eigenvalue weighted by molar-refractivity contribution is 1.01. The third-order valence-electron chi connectivity index (χ3n) is 8.93. The van der Waals surface area contributed by atoms with Crippen molar-refractivity contribution in [2.24, 2.45) is 0 Å². The monoisotopic (exact) mass is 576 g/mol. The predicted octanol–water partition coefficient (Wildman–Crippen LogP) is 10.9. The standard InChI is InChI=1S/C43H32N2/c1-30-14-3-2-10-27-45(42-26-9-8-19-35(30)42)34-18-12-16-32(29-34)41-25-13-24-40(44-41)31-15-11-17-33(28-31)43-38-22-6-4-20-36(38)37-21-5-7-23-39(37)43/h2-26,28-29,43H,1,27H2/b10-2-,14-3-. The first kappa shape index (κ1) is 26.9. The van der Waals surface area contributed by atoms with Crippen LogP contribution in [0.5, 0.6) is 0 Å². The smallest absolute Gasteiger partial charge is 0.0710 e. The first-order valence-corrected chi connectivity index (χ1v) is 15.5. The fourth-order valence-electron chi connectivity index (χ4n) is 6.81. The number of nitrogens with zero attached hydrogens (tertiary/aromatic N) is 2. The van der Waals surface area contributed by atoms with E-state index in [1.165, 1.54) is 27.8 Å². The summed E-state index contributed by atoms with van der Waals surface area (Å²) in [4.78, 5) is 7.55. The molecule has 2 aliphatic rings. The van der Waals surface area contributed by atoms with Crippen molar-refractivity contribution >= 4 is 16.9 Å². The van der Waals surface area contributed by atoms with Crippen molar-refractivity contribution in [3.63, 3.8) is 0 Å². The molecule has 214 valence electrons. The Balaban J connectivity index is 1.15. The van der Waals surface area contributed by atoms with E-state index in [2.05, 4.69) is 175 Å². The van der Waals surface area contributed by atoms with Gasteiger partial charge in [-0.25, -0.2) is 4.98 Å². The molecule has 8 rings (SSSR count). The molecular formula is C43H32N2. The SMILES string of the molecule is C=C1/C=C\C=C/CN(c2cccc(-c3cccc(-c4cccc(C5c6ccccc6-c6ccccc65)c4)n3)c2)c2ccccc21. The molecule has 6 aromatic rings. The topological polar surface area (TPSA) is 16.1 Å². The van der Waals surface area contributed by atoms with Crippen molar-refractivity contribution in [1.82, 2.24) is 4.98 Å². The van der Waals surface area contributed by atoms with E-state index in [4.69, 9.17) is 4.98 Å². The normalized spacial score (nSPS) is 15.3. The van der Waals surface area contributed by atoms with Gasteiger partial charge in [0.15, 0.2) is 0 Å². The first-order chi connectivity index (χ1) is 22.2. The Morgan fingerprint density at radius 2 is 1.20 bits per heavy atom. The van der Waals surface area contributed by atoms with Crippen LogP contribution in [-0.2, 0) is 0 Å². The van der Waals surface area contributed by atoms with Crippen LogP contribution in [0.4, 0.5) is 11.4 Å². The minimum absolute atomic E-state index is 0.211. The van der Waals surface area contributed by atoms with Crippen LogP contribution in [0.3, 0.4) is 0 Å². The molecule has 1 aliphatic carbocycles. The number of para-hydroxylation sites is 1. The number of pyridine rings is 1. The highest BCUT2D eigenvalue weighted by Crippen LogP contribution is 2.48. The van der Waals surface area contributed by atoms with Gasteiger partial charge in [0.1, 0.15) is 0 Å². The molecule has 0 fully saturated rings. The summed E-state index contributed by atoms with van der Waals surface area (Å²) in [6.45, 7) is 5.08. The summed E-state index contributed by atoms with van der Waals surface area (Å²) in [5.41, 5.74) is 15.2. The zero-order chi connectivity index (χ0) is 30.2. The molecular weight excluding hydrogens is 544 g/mol. The van der Waals surface area contributed by atoms with Gasteiger partial charge >= 0.3 is 0 Å². The number of hydrogen-bond acceptors (Lipinski definition) is 2. The molecule has 1 aliphatic heterocycles. The van der Waals surface area contributed by atoms with Crippen LogP contribution in [0.15, 0.2) is 170 Å². The van der Waals surface area contributed by atoms with Gasteiger partial charge in [-0.3, -0.25) is 0 Å². The van der Waals surface area contributed by atoms with Crippen molar-refractivity contribution in [3.8, 4) is 33.6 Å². The van der Waals surface area contributed by atoms with E-state index >= 15 is 0 Å². The summed E-state index contributed by atoms with van der Waals surface area (Å²) < 4.78 is 0. The van der Waals surface area contributed by atoms with Crippen LogP contribution in [0, 0.1) is 0 Å². The second-order valence-corrected chi connectivity index (χ2v) is 11.6. The Hall–Kier alpha value is -5.73. The van der Waals surface area contributed by atoms with E-state index in [1.807, 2.05) is 0 Å². The van der Waals surface area contributed by atoms with E-state index < -0.39 is 0 Å². The molecule has 2 heterocycles. The minimum Gasteiger partial charge on any atom is -0.337 e. The van der Waals surface area contributed by atoms with Crippen LogP contribution < -0.4 is 4.90 Å². The van der Waals surface area contributed by atoms with E-state index in [9.17, 15) is 0 Å². The number of allylic oxidation sites excluding steroid dienone is 4. The summed E-state index contributed by atoms with van der Waals surface area (Å²) in [5.74, 6) is 0.211. The maximum absolute atomic E-state index is 5.20. The molecule has 2 heteroatoms. The predicted molar refractivity (Wildman–Crippen MR) is 189 cm³/mol. The molecule has 0 amide bonds. The zero-order valence-corrected chi connectivity index (χ0v) is 25.0. The molecule has 0 unspecified atom stereocenters. The van der Waals surface area contributed by atoms with Crippen LogP contribution >= 0.6 is 0 Å². The number of fused-ring (bicyclic) bond motifs is 4. The number of benzene rings is 5. The quantitative estimate of drug-likeness (QED) is 0.207. The molecule has 0 radical (unpaired) electrons. The molecule has 0 bridgehead atoms. The largest absolute Gasteiger partial charge is 0.337 e. The summed E-state index contributed by atoms with van der Waals surface area (Å²) in [6, 6.07) is 50.0. The molecule has 0 atom stereocenters. The maximum atomic E-state index is 5.20. The summed E-state index contributed by atoms with van der Waals surface area (Å²) in [5, 5.41) is 0. The molecule has 0 N–H and O–H groups in total. The third-order valence-corrected chi connectivity index (χ3v) is 8.93. The molecule has 2 nitrogen and oxygen atoms in total. The van der Waals surface area contributed by atoms with Gasteiger partial charge in [-0.15, -0.1) is 0 Å². The van der Waals surface area contributed by atoms with E-state index in [-0.39, 0.29) is 5.92 Å². The van der Waals surface area contributed by atoms with Gasteiger partial charge in [0.2, 0.25) is 0 Å². The van der Waals surface area contributed by atoms with Crippen molar-refractivity contribution < 1.29 is 0 Å². The van der Waals surface area contributed by atoms with Crippen LogP contribution in [0.1, 0.15) is 28.2 Å². The van der Waals surface area contributed by atoms with Crippen LogP contribution in [-0.4, -0.2) is 11.5 Å². The highest BCUT2D eigenvalue weighted by atomic mass is 15.1. The molecule has 0 saturated heterocycles. The lowest BCUT2D eigenvalue weighted by Crippen LogP contribution is -2.18. The van der Waals surface area contributed by atoms with E-state index in [0.29, 0.717) is 0 Å². The lowest BCUT2D eigenvalue weighted by atomic mass is 9.88. The molecule has 1 aromatic heterocycles. The molecule has 45 heavy (non-hydrogen) atoms. The van der Waals surface area contributed by atoms with Crippen molar-refractivity contribution in [3.05, 3.63) is 193 Å². The van der Waals surface area contributed by atoms with Gasteiger partial charge in [-0.1, -0.05) is 134 Å². The van der Waals surface area contributed by atoms with Gasteiger partial charge in [-0.2, -0.15) is 0 Å². The fourth-order valence-corrected chi connectivity index (χ4v) is 6.81. The average molecular weight is 577 g/mol. The van der Waals surface area contributed by atoms with Crippen molar-refractivity contribution in [1.29, 1.82) is 0 Å². The minimum atomic E-state index is 0.211. The Morgan fingerprint density at radius 1 is 0.578 bits per heavy atom.